The number of aromatic amines is 1. The van der Waals surface area contributed by atoms with Crippen LogP contribution in [0, 0.1) is 0 Å². The lowest BCUT2D eigenvalue weighted by molar-refractivity contribution is 0.153. The maximum absolute atomic E-state index is 13.0. The van der Waals surface area contributed by atoms with E-state index in [1.807, 2.05) is 30.3 Å². The van der Waals surface area contributed by atoms with Crippen LogP contribution < -0.4 is 4.74 Å². The molecule has 0 atom stereocenters. The van der Waals surface area contributed by atoms with Crippen LogP contribution in [0.3, 0.4) is 0 Å². The van der Waals surface area contributed by atoms with E-state index in [1.165, 1.54) is 6.20 Å². The van der Waals surface area contributed by atoms with Gasteiger partial charge in [0.1, 0.15) is 12.4 Å². The average Bonchev–Trinajstić information content (AvgIpc) is 2.91. The van der Waals surface area contributed by atoms with Gasteiger partial charge in [-0.3, -0.25) is 0 Å². The van der Waals surface area contributed by atoms with Crippen molar-refractivity contribution in [2.75, 3.05) is 0 Å². The maximum atomic E-state index is 13.0. The number of aromatic nitrogens is 1. The summed E-state index contributed by atoms with van der Waals surface area (Å²) in [4.78, 5) is 2.85. The standard InChI is InChI=1S/C16H13F2NO/c17-16(18)12-9-19-13-7-4-8-14(15(12)13)20-10-11-5-2-1-3-6-11/h1-9,16,19H,10H2. The van der Waals surface area contributed by atoms with Crippen molar-refractivity contribution in [3.05, 3.63) is 65.9 Å². The molecule has 0 fully saturated rings. The van der Waals surface area contributed by atoms with Crippen molar-refractivity contribution in [3.63, 3.8) is 0 Å². The number of benzene rings is 2. The Labute approximate surface area is 115 Å². The van der Waals surface area contributed by atoms with E-state index in [4.69, 9.17) is 4.74 Å². The summed E-state index contributed by atoms with van der Waals surface area (Å²) < 4.78 is 31.7. The molecule has 0 amide bonds. The number of ether oxygens (including phenoxy) is 1. The zero-order chi connectivity index (χ0) is 13.9. The molecule has 0 aliphatic heterocycles. The minimum atomic E-state index is -2.52. The largest absolute Gasteiger partial charge is 0.488 e. The van der Waals surface area contributed by atoms with Gasteiger partial charge in [0.05, 0.1) is 5.39 Å². The van der Waals surface area contributed by atoms with Crippen molar-refractivity contribution >= 4 is 10.9 Å². The third kappa shape index (κ3) is 2.37. The first kappa shape index (κ1) is 12.7. The topological polar surface area (TPSA) is 25.0 Å². The number of rotatable bonds is 4. The van der Waals surface area contributed by atoms with E-state index in [0.717, 1.165) is 5.56 Å². The van der Waals surface area contributed by atoms with E-state index in [1.54, 1.807) is 18.2 Å². The van der Waals surface area contributed by atoms with E-state index < -0.39 is 6.43 Å². The van der Waals surface area contributed by atoms with Crippen molar-refractivity contribution in [1.29, 1.82) is 0 Å². The molecule has 20 heavy (non-hydrogen) atoms. The van der Waals surface area contributed by atoms with Crippen LogP contribution >= 0.6 is 0 Å². The second-order valence-corrected chi connectivity index (χ2v) is 4.50. The molecule has 3 rings (SSSR count). The third-order valence-electron chi connectivity index (χ3n) is 3.17. The van der Waals surface area contributed by atoms with E-state index >= 15 is 0 Å². The molecule has 0 spiro atoms. The number of hydrogen-bond donors (Lipinski definition) is 1. The first-order valence-corrected chi connectivity index (χ1v) is 6.30. The number of fused-ring (bicyclic) bond motifs is 1. The highest BCUT2D eigenvalue weighted by Gasteiger charge is 2.16. The Kier molecular flexibility index (Phi) is 3.37. The second-order valence-electron chi connectivity index (χ2n) is 4.50. The highest BCUT2D eigenvalue weighted by atomic mass is 19.3. The Hall–Kier alpha value is -2.36. The van der Waals surface area contributed by atoms with E-state index in [9.17, 15) is 8.78 Å². The highest BCUT2D eigenvalue weighted by Crippen LogP contribution is 2.34. The second kappa shape index (κ2) is 5.33. The van der Waals surface area contributed by atoms with Crippen LogP contribution in [0.5, 0.6) is 5.75 Å². The fourth-order valence-electron chi connectivity index (χ4n) is 2.20. The van der Waals surface area contributed by atoms with Gasteiger partial charge in [-0.2, -0.15) is 0 Å². The molecule has 1 N–H and O–H groups in total. The maximum Gasteiger partial charge on any atom is 0.266 e. The van der Waals surface area contributed by atoms with Crippen molar-refractivity contribution in [2.24, 2.45) is 0 Å². The van der Waals surface area contributed by atoms with Crippen LogP contribution in [0.4, 0.5) is 8.78 Å². The predicted octanol–water partition coefficient (Wildman–Crippen LogP) is 4.68. The number of nitrogens with one attached hydrogen (secondary N) is 1. The molecule has 4 heteroatoms. The fraction of sp³-hybridized carbons (Fsp3) is 0.125. The Morgan fingerprint density at radius 3 is 2.55 bits per heavy atom. The molecule has 102 valence electrons. The minimum Gasteiger partial charge on any atom is -0.488 e. The molecule has 0 aliphatic carbocycles. The summed E-state index contributed by atoms with van der Waals surface area (Å²) in [5, 5.41) is 0.457. The van der Waals surface area contributed by atoms with Crippen molar-refractivity contribution in [1.82, 2.24) is 4.98 Å². The summed E-state index contributed by atoms with van der Waals surface area (Å²) in [6.07, 6.45) is -1.18. The smallest absolute Gasteiger partial charge is 0.266 e. The fourth-order valence-corrected chi connectivity index (χ4v) is 2.20. The Morgan fingerprint density at radius 2 is 1.80 bits per heavy atom. The van der Waals surface area contributed by atoms with Crippen molar-refractivity contribution in [2.45, 2.75) is 13.0 Å². The van der Waals surface area contributed by atoms with Gasteiger partial charge >= 0.3 is 0 Å². The Bertz CT molecular complexity index is 707. The summed E-state index contributed by atoms with van der Waals surface area (Å²) in [6, 6.07) is 14.9. The van der Waals surface area contributed by atoms with E-state index in [2.05, 4.69) is 4.98 Å². The first-order chi connectivity index (χ1) is 9.75. The lowest BCUT2D eigenvalue weighted by Gasteiger charge is -2.09. The van der Waals surface area contributed by atoms with Gasteiger partial charge in [0.25, 0.3) is 6.43 Å². The normalized spacial score (nSPS) is 11.2. The van der Waals surface area contributed by atoms with Gasteiger partial charge < -0.3 is 9.72 Å². The molecular weight excluding hydrogens is 260 g/mol. The predicted molar refractivity (Wildman–Crippen MR) is 74.0 cm³/mol. The number of halogens is 2. The van der Waals surface area contributed by atoms with Crippen molar-refractivity contribution in [3.8, 4) is 5.75 Å². The Morgan fingerprint density at radius 1 is 1.00 bits per heavy atom. The van der Waals surface area contributed by atoms with Gasteiger partial charge in [0, 0.05) is 17.3 Å². The lowest BCUT2D eigenvalue weighted by atomic mass is 10.1. The van der Waals surface area contributed by atoms with Gasteiger partial charge in [0.15, 0.2) is 0 Å². The van der Waals surface area contributed by atoms with E-state index in [0.29, 0.717) is 23.3 Å². The third-order valence-corrected chi connectivity index (χ3v) is 3.17. The minimum absolute atomic E-state index is 0.0244. The average molecular weight is 273 g/mol. The first-order valence-electron chi connectivity index (χ1n) is 6.30. The van der Waals surface area contributed by atoms with Crippen LogP contribution in [0.1, 0.15) is 17.6 Å². The SMILES string of the molecule is FC(F)c1c[nH]c2cccc(OCc3ccccc3)c12. The molecular formula is C16H13F2NO. The summed E-state index contributed by atoms with van der Waals surface area (Å²) in [5.41, 5.74) is 1.63. The monoisotopic (exact) mass is 273 g/mol. The molecule has 0 bridgehead atoms. The number of hydrogen-bond acceptors (Lipinski definition) is 1. The number of alkyl halides is 2. The summed E-state index contributed by atoms with van der Waals surface area (Å²) in [5.74, 6) is 0.475. The van der Waals surface area contributed by atoms with Crippen LogP contribution in [-0.4, -0.2) is 4.98 Å². The lowest BCUT2D eigenvalue weighted by Crippen LogP contribution is -1.96. The Balaban J connectivity index is 1.93. The highest BCUT2D eigenvalue weighted by molar-refractivity contribution is 5.89. The molecule has 1 aromatic heterocycles. The van der Waals surface area contributed by atoms with Gasteiger partial charge in [0.2, 0.25) is 0 Å². The quantitative estimate of drug-likeness (QED) is 0.733. The zero-order valence-electron chi connectivity index (χ0n) is 10.6. The summed E-state index contributed by atoms with van der Waals surface area (Å²) in [6.45, 7) is 0.355. The molecule has 2 aromatic carbocycles. The molecule has 0 radical (unpaired) electrons. The van der Waals surface area contributed by atoms with Crippen LogP contribution in [-0.2, 0) is 6.61 Å². The summed E-state index contributed by atoms with van der Waals surface area (Å²) >= 11 is 0. The van der Waals surface area contributed by atoms with Gasteiger partial charge in [-0.1, -0.05) is 36.4 Å². The molecule has 1 heterocycles. The van der Waals surface area contributed by atoms with Gasteiger partial charge in [-0.25, -0.2) is 8.78 Å². The van der Waals surface area contributed by atoms with E-state index in [-0.39, 0.29) is 5.56 Å². The van der Waals surface area contributed by atoms with Crippen LogP contribution in [0.15, 0.2) is 54.7 Å². The van der Waals surface area contributed by atoms with Crippen LogP contribution in [0.2, 0.25) is 0 Å². The summed E-state index contributed by atoms with van der Waals surface area (Å²) in [7, 11) is 0. The molecule has 0 aliphatic rings. The molecule has 3 aromatic rings. The van der Waals surface area contributed by atoms with Crippen LogP contribution in [0.25, 0.3) is 10.9 Å². The zero-order valence-corrected chi connectivity index (χ0v) is 10.6. The molecule has 2 nitrogen and oxygen atoms in total. The van der Waals surface area contributed by atoms with Gasteiger partial charge in [-0.05, 0) is 17.7 Å². The molecule has 0 saturated carbocycles. The molecule has 0 saturated heterocycles. The molecule has 0 unspecified atom stereocenters. The number of H-pyrrole nitrogens is 1. The van der Waals surface area contributed by atoms with Crippen molar-refractivity contribution < 1.29 is 13.5 Å². The van der Waals surface area contributed by atoms with Gasteiger partial charge in [-0.15, -0.1) is 0 Å².